The van der Waals surface area contributed by atoms with Gasteiger partial charge in [-0.2, -0.15) is 0 Å². The number of benzene rings is 1. The van der Waals surface area contributed by atoms with Crippen molar-refractivity contribution in [2.45, 2.75) is 19.3 Å². The number of aliphatic carboxylic acids is 1. The molecular formula is C14H16O2. The molecule has 0 heterocycles. The number of carbonyl (C=O) groups is 1. The fourth-order valence-corrected chi connectivity index (χ4v) is 1.46. The van der Waals surface area contributed by atoms with E-state index in [-0.39, 0.29) is 5.92 Å². The first kappa shape index (κ1) is 12.2. The lowest BCUT2D eigenvalue weighted by Crippen LogP contribution is -1.98. The minimum Gasteiger partial charge on any atom is -0.478 e. The van der Waals surface area contributed by atoms with Gasteiger partial charge >= 0.3 is 5.97 Å². The molecule has 1 N–H and O–H groups in total. The highest BCUT2D eigenvalue weighted by Crippen LogP contribution is 2.21. The minimum absolute atomic E-state index is 0.176. The maximum atomic E-state index is 10.6. The van der Waals surface area contributed by atoms with E-state index in [9.17, 15) is 4.79 Å². The predicted octanol–water partition coefficient (Wildman–Crippen LogP) is 3.38. The Labute approximate surface area is 95.9 Å². The molecule has 1 rings (SSSR count). The van der Waals surface area contributed by atoms with Gasteiger partial charge < -0.3 is 5.11 Å². The molecule has 84 valence electrons. The second kappa shape index (κ2) is 5.91. The Kier molecular flexibility index (Phi) is 4.52. The molecule has 0 saturated heterocycles. The van der Waals surface area contributed by atoms with Crippen LogP contribution in [0.15, 0.2) is 54.6 Å². The largest absolute Gasteiger partial charge is 0.478 e. The van der Waals surface area contributed by atoms with E-state index < -0.39 is 5.97 Å². The highest BCUT2D eigenvalue weighted by molar-refractivity contribution is 5.85. The zero-order valence-corrected chi connectivity index (χ0v) is 9.39. The van der Waals surface area contributed by atoms with E-state index in [1.807, 2.05) is 36.4 Å². The summed E-state index contributed by atoms with van der Waals surface area (Å²) >= 11 is 0. The standard InChI is InChI=1S/C14H16O2/c1-3-12(10-9-11(2)14(15)16)13-7-5-4-6-8-13/h3-9,12H,1,10H2,2H3,(H,15,16)/b11-9+. The number of hydrogen-bond acceptors (Lipinski definition) is 1. The summed E-state index contributed by atoms with van der Waals surface area (Å²) in [5, 5.41) is 8.74. The zero-order valence-electron chi connectivity index (χ0n) is 9.39. The molecule has 0 spiro atoms. The molecule has 0 radical (unpaired) electrons. The van der Waals surface area contributed by atoms with Gasteiger partial charge in [0.1, 0.15) is 0 Å². The molecule has 0 bridgehead atoms. The van der Waals surface area contributed by atoms with Crippen LogP contribution in [0.2, 0.25) is 0 Å². The highest BCUT2D eigenvalue weighted by atomic mass is 16.4. The van der Waals surface area contributed by atoms with Crippen LogP contribution >= 0.6 is 0 Å². The minimum atomic E-state index is -0.865. The van der Waals surface area contributed by atoms with Gasteiger partial charge in [0.05, 0.1) is 0 Å². The molecule has 0 aliphatic rings. The molecule has 1 aromatic carbocycles. The number of hydrogen-bond donors (Lipinski definition) is 1. The first-order chi connectivity index (χ1) is 7.65. The fraction of sp³-hybridized carbons (Fsp3) is 0.214. The van der Waals surface area contributed by atoms with Gasteiger partial charge in [0.2, 0.25) is 0 Å². The zero-order chi connectivity index (χ0) is 12.0. The summed E-state index contributed by atoms with van der Waals surface area (Å²) in [7, 11) is 0. The van der Waals surface area contributed by atoms with Crippen molar-refractivity contribution < 1.29 is 9.90 Å². The van der Waals surface area contributed by atoms with Crippen LogP contribution in [0.4, 0.5) is 0 Å². The predicted molar refractivity (Wildman–Crippen MR) is 65.4 cm³/mol. The molecule has 0 fully saturated rings. The molecule has 2 heteroatoms. The van der Waals surface area contributed by atoms with Crippen LogP contribution in [0.3, 0.4) is 0 Å². The molecule has 1 unspecified atom stereocenters. The summed E-state index contributed by atoms with van der Waals surface area (Å²) < 4.78 is 0. The van der Waals surface area contributed by atoms with E-state index in [4.69, 9.17) is 5.11 Å². The molecule has 0 aliphatic carbocycles. The third kappa shape index (κ3) is 3.39. The average Bonchev–Trinajstić information content (AvgIpc) is 2.30. The van der Waals surface area contributed by atoms with E-state index in [2.05, 4.69) is 6.58 Å². The molecule has 2 nitrogen and oxygen atoms in total. The number of carboxylic acids is 1. The van der Waals surface area contributed by atoms with Crippen molar-refractivity contribution in [3.05, 3.63) is 60.2 Å². The lowest BCUT2D eigenvalue weighted by Gasteiger charge is -2.10. The Bertz CT molecular complexity index is 390. The van der Waals surface area contributed by atoms with E-state index in [1.54, 1.807) is 13.0 Å². The molecule has 0 aliphatic heterocycles. The number of allylic oxidation sites excluding steroid dienone is 2. The van der Waals surface area contributed by atoms with Crippen molar-refractivity contribution in [3.63, 3.8) is 0 Å². The second-order valence-corrected chi connectivity index (χ2v) is 3.68. The fourth-order valence-electron chi connectivity index (χ4n) is 1.46. The van der Waals surface area contributed by atoms with Gasteiger partial charge in [0.25, 0.3) is 0 Å². The Balaban J connectivity index is 2.75. The molecule has 1 aromatic rings. The Morgan fingerprint density at radius 1 is 1.44 bits per heavy atom. The van der Waals surface area contributed by atoms with E-state index in [0.717, 1.165) is 5.56 Å². The first-order valence-electron chi connectivity index (χ1n) is 5.22. The van der Waals surface area contributed by atoms with Gasteiger partial charge in [-0.15, -0.1) is 6.58 Å². The lowest BCUT2D eigenvalue weighted by atomic mass is 9.95. The third-order valence-corrected chi connectivity index (χ3v) is 2.53. The van der Waals surface area contributed by atoms with Crippen LogP contribution < -0.4 is 0 Å². The molecule has 16 heavy (non-hydrogen) atoms. The van der Waals surface area contributed by atoms with E-state index >= 15 is 0 Å². The third-order valence-electron chi connectivity index (χ3n) is 2.53. The van der Waals surface area contributed by atoms with Crippen LogP contribution in [0.25, 0.3) is 0 Å². The van der Waals surface area contributed by atoms with Crippen LogP contribution in [0, 0.1) is 0 Å². The van der Waals surface area contributed by atoms with Gasteiger partial charge in [-0.05, 0) is 18.9 Å². The molecule has 0 saturated carbocycles. The Morgan fingerprint density at radius 3 is 2.56 bits per heavy atom. The van der Waals surface area contributed by atoms with Gasteiger partial charge in [0, 0.05) is 11.5 Å². The van der Waals surface area contributed by atoms with Crippen molar-refractivity contribution in [2.75, 3.05) is 0 Å². The van der Waals surface area contributed by atoms with Crippen molar-refractivity contribution in [1.82, 2.24) is 0 Å². The van der Waals surface area contributed by atoms with Gasteiger partial charge in [-0.3, -0.25) is 0 Å². The summed E-state index contributed by atoms with van der Waals surface area (Å²) in [5.41, 5.74) is 1.54. The van der Waals surface area contributed by atoms with Crippen LogP contribution in [0.1, 0.15) is 24.8 Å². The van der Waals surface area contributed by atoms with Crippen LogP contribution in [-0.2, 0) is 4.79 Å². The molecule has 0 aromatic heterocycles. The van der Waals surface area contributed by atoms with Gasteiger partial charge in [0.15, 0.2) is 0 Å². The summed E-state index contributed by atoms with van der Waals surface area (Å²) in [6.07, 6.45) is 4.26. The number of rotatable bonds is 5. The lowest BCUT2D eigenvalue weighted by molar-refractivity contribution is -0.132. The van der Waals surface area contributed by atoms with Crippen molar-refractivity contribution >= 4 is 5.97 Å². The molecule has 0 amide bonds. The highest BCUT2D eigenvalue weighted by Gasteiger charge is 2.06. The van der Waals surface area contributed by atoms with Crippen molar-refractivity contribution in [3.8, 4) is 0 Å². The first-order valence-corrected chi connectivity index (χ1v) is 5.22. The summed E-state index contributed by atoms with van der Waals surface area (Å²) in [6.45, 7) is 5.39. The van der Waals surface area contributed by atoms with E-state index in [1.165, 1.54) is 0 Å². The summed E-state index contributed by atoms with van der Waals surface area (Å²) in [6, 6.07) is 9.95. The quantitative estimate of drug-likeness (QED) is 0.605. The normalized spacial score (nSPS) is 13.2. The molecule has 1 atom stereocenters. The summed E-state index contributed by atoms with van der Waals surface area (Å²) in [4.78, 5) is 10.6. The van der Waals surface area contributed by atoms with Gasteiger partial charge in [-0.1, -0.05) is 42.5 Å². The Hall–Kier alpha value is -1.83. The number of carboxylic acid groups (broad SMARTS) is 1. The second-order valence-electron chi connectivity index (χ2n) is 3.68. The van der Waals surface area contributed by atoms with Crippen LogP contribution in [-0.4, -0.2) is 11.1 Å². The van der Waals surface area contributed by atoms with Crippen molar-refractivity contribution in [2.24, 2.45) is 0 Å². The smallest absolute Gasteiger partial charge is 0.330 e. The monoisotopic (exact) mass is 216 g/mol. The maximum absolute atomic E-state index is 10.6. The van der Waals surface area contributed by atoms with Crippen molar-refractivity contribution in [1.29, 1.82) is 0 Å². The molecular weight excluding hydrogens is 200 g/mol. The van der Waals surface area contributed by atoms with Gasteiger partial charge in [-0.25, -0.2) is 4.79 Å². The summed E-state index contributed by atoms with van der Waals surface area (Å²) in [5.74, 6) is -0.689. The van der Waals surface area contributed by atoms with E-state index in [0.29, 0.717) is 12.0 Å². The average molecular weight is 216 g/mol. The topological polar surface area (TPSA) is 37.3 Å². The SMILES string of the molecule is C=CC(C/C=C(\C)C(=O)O)c1ccccc1. The Morgan fingerprint density at radius 2 is 2.06 bits per heavy atom. The maximum Gasteiger partial charge on any atom is 0.330 e. The van der Waals surface area contributed by atoms with Crippen LogP contribution in [0.5, 0.6) is 0 Å².